The maximum absolute atomic E-state index is 13.1. The van der Waals surface area contributed by atoms with Crippen molar-refractivity contribution in [3.8, 4) is 18.2 Å². The number of amides is 3. The van der Waals surface area contributed by atoms with Crippen LogP contribution in [0.2, 0.25) is 0 Å². The van der Waals surface area contributed by atoms with E-state index < -0.39 is 42.2 Å². The van der Waals surface area contributed by atoms with Gasteiger partial charge in [-0.1, -0.05) is 31.9 Å². The lowest BCUT2D eigenvalue weighted by Gasteiger charge is -2.29. The number of unbranched alkanes of at least 4 members (excludes halogenated alkanes) is 1. The number of ether oxygens (including phenoxy) is 1. The Morgan fingerprint density at radius 3 is 2.48 bits per heavy atom. The molecule has 0 spiro atoms. The SMILES string of the molecule is C#CN(C(=O)C(CO)NC(=O)OC(C)(C)C)C(C(=O)NCCCC)c1cccc(O)c1. The van der Waals surface area contributed by atoms with Crippen molar-refractivity contribution in [3.05, 3.63) is 29.8 Å². The van der Waals surface area contributed by atoms with Crippen molar-refractivity contribution >= 4 is 17.9 Å². The number of hydrogen-bond donors (Lipinski definition) is 4. The van der Waals surface area contributed by atoms with Crippen LogP contribution in [0.3, 0.4) is 0 Å². The van der Waals surface area contributed by atoms with Crippen LogP contribution in [0.25, 0.3) is 0 Å². The molecule has 0 aliphatic carbocycles. The Kier molecular flexibility index (Phi) is 9.83. The highest BCUT2D eigenvalue weighted by molar-refractivity contribution is 5.93. The van der Waals surface area contributed by atoms with Crippen molar-refractivity contribution in [1.82, 2.24) is 15.5 Å². The molecule has 4 N–H and O–H groups in total. The smallest absolute Gasteiger partial charge is 0.408 e. The number of rotatable bonds is 9. The van der Waals surface area contributed by atoms with Gasteiger partial charge in [-0.2, -0.15) is 0 Å². The van der Waals surface area contributed by atoms with Gasteiger partial charge in [0.25, 0.3) is 5.91 Å². The van der Waals surface area contributed by atoms with E-state index in [2.05, 4.69) is 16.7 Å². The van der Waals surface area contributed by atoms with Crippen molar-refractivity contribution in [1.29, 1.82) is 0 Å². The van der Waals surface area contributed by atoms with E-state index in [1.807, 2.05) is 6.92 Å². The lowest BCUT2D eigenvalue weighted by atomic mass is 10.0. The first-order valence-electron chi connectivity index (χ1n) is 10.00. The average Bonchev–Trinajstić information content (AvgIpc) is 2.68. The van der Waals surface area contributed by atoms with Crippen LogP contribution in [0.4, 0.5) is 4.79 Å². The molecule has 1 aromatic carbocycles. The number of hydrogen-bond acceptors (Lipinski definition) is 6. The second-order valence-corrected chi connectivity index (χ2v) is 7.86. The average molecular weight is 434 g/mol. The molecule has 0 aromatic heterocycles. The van der Waals surface area contributed by atoms with Crippen molar-refractivity contribution in [3.63, 3.8) is 0 Å². The standard InChI is InChI=1S/C22H31N3O6/c1-6-8-12-23-19(28)18(15-10-9-11-16(27)13-15)25(7-2)20(29)17(14-26)24-21(30)31-22(3,4)5/h2,9-11,13,17-18,26-27H,6,8,12,14H2,1,3-5H3,(H,23,28)(H,24,30). The van der Waals surface area contributed by atoms with Gasteiger partial charge in [-0.15, -0.1) is 0 Å². The fraction of sp³-hybridized carbons (Fsp3) is 0.500. The number of carbonyl (C=O) groups is 3. The van der Waals surface area contributed by atoms with Gasteiger partial charge in [-0.25, -0.2) is 4.79 Å². The molecule has 2 atom stereocenters. The van der Waals surface area contributed by atoms with Crippen LogP contribution in [0.5, 0.6) is 5.75 Å². The molecule has 0 saturated heterocycles. The molecule has 9 nitrogen and oxygen atoms in total. The minimum atomic E-state index is -1.44. The molecular weight excluding hydrogens is 402 g/mol. The number of phenolic OH excluding ortho intramolecular Hbond substituents is 1. The van der Waals surface area contributed by atoms with Crippen molar-refractivity contribution in [2.75, 3.05) is 13.2 Å². The van der Waals surface area contributed by atoms with Crippen molar-refractivity contribution in [2.45, 2.75) is 58.2 Å². The number of aromatic hydroxyl groups is 1. The monoisotopic (exact) mass is 433 g/mol. The molecule has 170 valence electrons. The van der Waals surface area contributed by atoms with E-state index in [9.17, 15) is 24.6 Å². The van der Waals surface area contributed by atoms with Crippen LogP contribution in [0, 0.1) is 12.5 Å². The molecule has 0 aliphatic heterocycles. The van der Waals surface area contributed by atoms with Gasteiger partial charge in [0.1, 0.15) is 23.4 Å². The number of aliphatic hydroxyl groups excluding tert-OH is 1. The number of phenols is 1. The van der Waals surface area contributed by atoms with Gasteiger partial charge < -0.3 is 25.6 Å². The summed E-state index contributed by atoms with van der Waals surface area (Å²) < 4.78 is 5.11. The maximum atomic E-state index is 13.1. The summed E-state index contributed by atoms with van der Waals surface area (Å²) >= 11 is 0. The number of alkyl carbamates (subject to hydrolysis) is 1. The van der Waals surface area contributed by atoms with Crippen LogP contribution < -0.4 is 10.6 Å². The summed E-state index contributed by atoms with van der Waals surface area (Å²) in [5.74, 6) is -1.55. The molecule has 0 radical (unpaired) electrons. The third-order valence-corrected chi connectivity index (χ3v) is 4.07. The largest absolute Gasteiger partial charge is 0.508 e. The molecule has 9 heteroatoms. The Labute approximate surface area is 182 Å². The van der Waals surface area contributed by atoms with E-state index in [0.717, 1.165) is 17.7 Å². The first-order valence-corrected chi connectivity index (χ1v) is 10.00. The predicted octanol–water partition coefficient (Wildman–Crippen LogP) is 1.65. The maximum Gasteiger partial charge on any atom is 0.408 e. The fourth-order valence-corrected chi connectivity index (χ4v) is 2.67. The van der Waals surface area contributed by atoms with Crippen LogP contribution in [-0.4, -0.2) is 57.8 Å². The topological polar surface area (TPSA) is 128 Å². The van der Waals surface area contributed by atoms with Crippen LogP contribution >= 0.6 is 0 Å². The van der Waals surface area contributed by atoms with Crippen LogP contribution in [0.15, 0.2) is 24.3 Å². The number of benzene rings is 1. The second-order valence-electron chi connectivity index (χ2n) is 7.86. The van der Waals surface area contributed by atoms with E-state index in [4.69, 9.17) is 11.2 Å². The predicted molar refractivity (Wildman–Crippen MR) is 115 cm³/mol. The lowest BCUT2D eigenvalue weighted by molar-refractivity contribution is -0.139. The Bertz CT molecular complexity index is 812. The number of nitrogens with one attached hydrogen (secondary N) is 2. The highest BCUT2D eigenvalue weighted by atomic mass is 16.6. The first kappa shape index (κ1) is 25.8. The van der Waals surface area contributed by atoms with Crippen molar-refractivity contribution < 1.29 is 29.3 Å². The van der Waals surface area contributed by atoms with Gasteiger partial charge in [-0.05, 0) is 44.9 Å². The summed E-state index contributed by atoms with van der Waals surface area (Å²) in [5, 5.41) is 24.5. The Morgan fingerprint density at radius 1 is 1.29 bits per heavy atom. The molecule has 0 heterocycles. The van der Waals surface area contributed by atoms with E-state index >= 15 is 0 Å². The van der Waals surface area contributed by atoms with E-state index in [-0.39, 0.29) is 11.3 Å². The molecule has 3 amide bonds. The normalized spacial score (nSPS) is 12.8. The highest BCUT2D eigenvalue weighted by Crippen LogP contribution is 2.25. The molecule has 0 aliphatic rings. The molecule has 1 rings (SSSR count). The van der Waals surface area contributed by atoms with Gasteiger partial charge in [0, 0.05) is 12.6 Å². The zero-order valence-electron chi connectivity index (χ0n) is 18.3. The molecule has 0 saturated carbocycles. The van der Waals surface area contributed by atoms with Gasteiger partial charge in [0.15, 0.2) is 0 Å². The quantitative estimate of drug-likeness (QED) is 0.266. The molecule has 2 unspecified atom stereocenters. The molecule has 0 fully saturated rings. The third kappa shape index (κ3) is 8.18. The second kappa shape index (κ2) is 11.8. The van der Waals surface area contributed by atoms with Gasteiger partial charge >= 0.3 is 6.09 Å². The summed E-state index contributed by atoms with van der Waals surface area (Å²) in [5.41, 5.74) is -0.545. The summed E-state index contributed by atoms with van der Waals surface area (Å²) in [7, 11) is 0. The highest BCUT2D eigenvalue weighted by Gasteiger charge is 2.35. The molecule has 0 bridgehead atoms. The van der Waals surface area contributed by atoms with Gasteiger partial charge in [0.05, 0.1) is 6.61 Å². The zero-order chi connectivity index (χ0) is 23.6. The summed E-state index contributed by atoms with van der Waals surface area (Å²) in [6.07, 6.45) is 6.21. The summed E-state index contributed by atoms with van der Waals surface area (Å²) in [6.45, 7) is 6.51. The van der Waals surface area contributed by atoms with Gasteiger partial charge in [-0.3, -0.25) is 14.5 Å². The van der Waals surface area contributed by atoms with Crippen molar-refractivity contribution in [2.24, 2.45) is 0 Å². The minimum absolute atomic E-state index is 0.112. The first-order chi connectivity index (χ1) is 14.5. The fourth-order valence-electron chi connectivity index (χ4n) is 2.67. The summed E-state index contributed by atoms with van der Waals surface area (Å²) in [4.78, 5) is 38.8. The summed E-state index contributed by atoms with van der Waals surface area (Å²) in [6, 6.07) is 5.23. The zero-order valence-corrected chi connectivity index (χ0v) is 18.3. The number of aliphatic hydroxyl groups is 1. The van der Waals surface area contributed by atoms with Crippen LogP contribution in [-0.2, 0) is 14.3 Å². The lowest BCUT2D eigenvalue weighted by Crippen LogP contribution is -2.53. The number of carbonyl (C=O) groups excluding carboxylic acids is 3. The van der Waals surface area contributed by atoms with E-state index in [1.54, 1.807) is 20.8 Å². The third-order valence-electron chi connectivity index (χ3n) is 4.07. The molecular formula is C22H31N3O6. The van der Waals surface area contributed by atoms with E-state index in [1.165, 1.54) is 24.3 Å². The Balaban J connectivity index is 3.20. The Hall–Kier alpha value is -3.25. The Morgan fingerprint density at radius 2 is 1.97 bits per heavy atom. The van der Waals surface area contributed by atoms with Gasteiger partial charge in [0.2, 0.25) is 5.91 Å². The van der Waals surface area contributed by atoms with Crippen LogP contribution in [0.1, 0.15) is 52.1 Å². The number of terminal acetylenes is 1. The number of nitrogens with zero attached hydrogens (tertiary/aromatic N) is 1. The molecule has 31 heavy (non-hydrogen) atoms. The van der Waals surface area contributed by atoms with E-state index in [0.29, 0.717) is 6.54 Å². The minimum Gasteiger partial charge on any atom is -0.508 e. The molecule has 1 aromatic rings.